The van der Waals surface area contributed by atoms with Gasteiger partial charge in [0.05, 0.1) is 54.6 Å². The van der Waals surface area contributed by atoms with Gasteiger partial charge < -0.3 is 18.9 Å². The first-order valence-corrected chi connectivity index (χ1v) is 7.08. The minimum atomic E-state index is -0.522. The van der Waals surface area contributed by atoms with E-state index in [2.05, 4.69) is 18.9 Å². The topological polar surface area (TPSA) is 112 Å². The molecule has 10 nitrogen and oxygen atoms in total. The predicted molar refractivity (Wildman–Crippen MR) is 80.9 cm³/mol. The Labute approximate surface area is 159 Å². The number of carbonyl (C=O) groups excluding carboxylic acids is 4. The molecule has 0 aromatic heterocycles. The van der Waals surface area contributed by atoms with Gasteiger partial charge in [-0.15, -0.1) is 0 Å². The monoisotopic (exact) mass is 412 g/mol. The van der Waals surface area contributed by atoms with Crippen LogP contribution in [0.5, 0.6) is 0 Å². The van der Waals surface area contributed by atoms with Crippen molar-refractivity contribution in [3.63, 3.8) is 0 Å². The van der Waals surface area contributed by atoms with Crippen LogP contribution in [-0.2, 0) is 57.6 Å². The minimum absolute atomic E-state index is 0. The Morgan fingerprint density at radius 2 is 0.760 bits per heavy atom. The van der Waals surface area contributed by atoms with Gasteiger partial charge in [-0.1, -0.05) is 0 Å². The van der Waals surface area contributed by atoms with Crippen molar-refractivity contribution < 1.29 is 57.6 Å². The Balaban J connectivity index is 0. The number of rotatable bonds is 11. The largest absolute Gasteiger partial charge is 0.468 e. The molecule has 0 saturated carbocycles. The molecule has 0 aromatic rings. The van der Waals surface area contributed by atoms with E-state index in [9.17, 15) is 19.2 Å². The number of ether oxygens (including phenoxy) is 4. The van der Waals surface area contributed by atoms with Crippen LogP contribution < -0.4 is 0 Å². The molecule has 0 saturated heterocycles. The number of esters is 4. The molecule has 11 heteroatoms. The molecule has 0 atom stereocenters. The van der Waals surface area contributed by atoms with Gasteiger partial charge in [0.2, 0.25) is 0 Å². The fourth-order valence-corrected chi connectivity index (χ4v) is 1.70. The molecule has 0 heterocycles. The normalized spacial score (nSPS) is 10.0. The SMILES string of the molecule is COC(=O)CN(CCN(CC(=O)OC)CC(=O)OC)CC(=O)OC.[Zn]. The van der Waals surface area contributed by atoms with Crippen LogP contribution in [0.25, 0.3) is 0 Å². The number of methoxy groups -OCH3 is 4. The molecular formula is C14H24N2O8Zn. The van der Waals surface area contributed by atoms with Gasteiger partial charge in [-0.25, -0.2) is 0 Å². The first-order chi connectivity index (χ1) is 11.4. The summed E-state index contributed by atoms with van der Waals surface area (Å²) in [6, 6.07) is 0. The van der Waals surface area contributed by atoms with E-state index in [0.717, 1.165) is 0 Å². The number of hydrogen-bond donors (Lipinski definition) is 0. The predicted octanol–water partition coefficient (Wildman–Crippen LogP) is -1.72. The Morgan fingerprint density at radius 3 is 0.920 bits per heavy atom. The quantitative estimate of drug-likeness (QED) is 0.220. The van der Waals surface area contributed by atoms with Crippen molar-refractivity contribution in [1.82, 2.24) is 9.80 Å². The molecule has 140 valence electrons. The summed E-state index contributed by atoms with van der Waals surface area (Å²) in [5.41, 5.74) is 0. The smallest absolute Gasteiger partial charge is 0.319 e. The number of nitrogens with zero attached hydrogens (tertiary/aromatic N) is 2. The van der Waals surface area contributed by atoms with Gasteiger partial charge in [-0.3, -0.25) is 29.0 Å². The van der Waals surface area contributed by atoms with E-state index < -0.39 is 23.9 Å². The third-order valence-corrected chi connectivity index (χ3v) is 3.05. The van der Waals surface area contributed by atoms with Gasteiger partial charge in [-0.05, 0) is 0 Å². The van der Waals surface area contributed by atoms with Crippen molar-refractivity contribution in [1.29, 1.82) is 0 Å². The molecule has 0 fully saturated rings. The van der Waals surface area contributed by atoms with E-state index >= 15 is 0 Å². The molecule has 0 amide bonds. The second-order valence-electron chi connectivity index (χ2n) is 4.73. The van der Waals surface area contributed by atoms with Crippen molar-refractivity contribution in [2.24, 2.45) is 0 Å². The van der Waals surface area contributed by atoms with E-state index in [-0.39, 0.29) is 58.7 Å². The first-order valence-electron chi connectivity index (χ1n) is 7.08. The minimum Gasteiger partial charge on any atom is -0.468 e. The van der Waals surface area contributed by atoms with Crippen LogP contribution in [0.3, 0.4) is 0 Å². The molecule has 0 N–H and O–H groups in total. The van der Waals surface area contributed by atoms with Crippen molar-refractivity contribution in [3.8, 4) is 0 Å². The first kappa shape index (κ1) is 25.7. The molecule has 0 aliphatic carbocycles. The van der Waals surface area contributed by atoms with E-state index in [1.807, 2.05) is 0 Å². The molecule has 0 unspecified atom stereocenters. The molecule has 25 heavy (non-hydrogen) atoms. The van der Waals surface area contributed by atoms with Crippen LogP contribution in [0.15, 0.2) is 0 Å². The summed E-state index contributed by atoms with van der Waals surface area (Å²) < 4.78 is 18.3. The Kier molecular flexibility index (Phi) is 15.1. The fourth-order valence-electron chi connectivity index (χ4n) is 1.70. The Bertz CT molecular complexity index is 371. The molecule has 0 aliphatic rings. The van der Waals surface area contributed by atoms with Gasteiger partial charge in [0.25, 0.3) is 0 Å². The van der Waals surface area contributed by atoms with Crippen molar-refractivity contribution in [2.45, 2.75) is 0 Å². The molecule has 0 radical (unpaired) electrons. The molecule has 0 spiro atoms. The average Bonchev–Trinajstić information content (AvgIpc) is 2.58. The summed E-state index contributed by atoms with van der Waals surface area (Å²) in [4.78, 5) is 48.6. The van der Waals surface area contributed by atoms with Gasteiger partial charge in [0.15, 0.2) is 0 Å². The Hall–Kier alpha value is -1.58. The van der Waals surface area contributed by atoms with Crippen molar-refractivity contribution in [2.75, 3.05) is 67.7 Å². The second kappa shape index (κ2) is 14.7. The number of carbonyl (C=O) groups is 4. The average molecular weight is 414 g/mol. The Morgan fingerprint density at radius 1 is 0.560 bits per heavy atom. The zero-order valence-electron chi connectivity index (χ0n) is 15.1. The fraction of sp³-hybridized carbons (Fsp3) is 0.714. The maximum atomic E-state index is 11.4. The van der Waals surface area contributed by atoms with Gasteiger partial charge in [0, 0.05) is 32.6 Å². The summed E-state index contributed by atoms with van der Waals surface area (Å²) in [6.07, 6.45) is 0. The van der Waals surface area contributed by atoms with E-state index in [0.29, 0.717) is 0 Å². The maximum Gasteiger partial charge on any atom is 0.319 e. The summed E-state index contributed by atoms with van der Waals surface area (Å²) >= 11 is 0. The summed E-state index contributed by atoms with van der Waals surface area (Å²) in [6.45, 7) is -0.0755. The standard InChI is InChI=1S/C14H24N2O8.Zn/c1-21-11(17)7-15(8-12(18)22-2)5-6-16(9-13(19)23-3)10-14(20)24-4;/h5-10H2,1-4H3;. The molecule has 0 rings (SSSR count). The van der Waals surface area contributed by atoms with Crippen molar-refractivity contribution in [3.05, 3.63) is 0 Å². The van der Waals surface area contributed by atoms with Gasteiger partial charge in [-0.2, -0.15) is 0 Å². The van der Waals surface area contributed by atoms with E-state index in [1.54, 1.807) is 0 Å². The van der Waals surface area contributed by atoms with Crippen LogP contribution in [-0.4, -0.2) is 101 Å². The van der Waals surface area contributed by atoms with Crippen LogP contribution in [0, 0.1) is 0 Å². The molecule has 0 aromatic carbocycles. The van der Waals surface area contributed by atoms with Crippen molar-refractivity contribution >= 4 is 23.9 Å². The van der Waals surface area contributed by atoms with E-state index in [1.165, 1.54) is 38.2 Å². The maximum absolute atomic E-state index is 11.4. The van der Waals surface area contributed by atoms with E-state index in [4.69, 9.17) is 0 Å². The third kappa shape index (κ3) is 12.4. The third-order valence-electron chi connectivity index (χ3n) is 3.05. The van der Waals surface area contributed by atoms with Crippen LogP contribution in [0.4, 0.5) is 0 Å². The van der Waals surface area contributed by atoms with Crippen LogP contribution in [0.2, 0.25) is 0 Å². The summed E-state index contributed by atoms with van der Waals surface area (Å²) in [5.74, 6) is -2.09. The zero-order chi connectivity index (χ0) is 18.5. The summed E-state index contributed by atoms with van der Waals surface area (Å²) in [7, 11) is 4.94. The van der Waals surface area contributed by atoms with Crippen LogP contribution in [0.1, 0.15) is 0 Å². The summed E-state index contributed by atoms with van der Waals surface area (Å²) in [5, 5.41) is 0. The second-order valence-corrected chi connectivity index (χ2v) is 4.73. The zero-order valence-corrected chi connectivity index (χ0v) is 18.1. The molecular weight excluding hydrogens is 390 g/mol. The van der Waals surface area contributed by atoms with Gasteiger partial charge >= 0.3 is 23.9 Å². The van der Waals surface area contributed by atoms with Crippen LogP contribution >= 0.6 is 0 Å². The van der Waals surface area contributed by atoms with Gasteiger partial charge in [0.1, 0.15) is 0 Å². The number of hydrogen-bond acceptors (Lipinski definition) is 10. The molecule has 0 aliphatic heterocycles. The molecule has 0 bridgehead atoms.